The number of nitrogens with two attached hydrogens (primary N) is 2. The number of nitrogens with one attached hydrogen (secondary N) is 2. The quantitative estimate of drug-likeness (QED) is 0.0621. The number of carbonyl (C=O) groups excluding carboxylic acids is 2. The van der Waals surface area contributed by atoms with Crippen LogP contribution in [-0.2, 0) is 7.05 Å². The Balaban J connectivity index is 0.000000158. The molecule has 0 aliphatic rings. The number of nitrogens with zero attached hydrogens (tertiary/aromatic N) is 2. The number of anilines is 3. The number of furan rings is 2. The fourth-order valence-electron chi connectivity index (χ4n) is 9.62. The minimum Gasteiger partial charge on any atom is -0.478 e. The van der Waals surface area contributed by atoms with Crippen LogP contribution in [0.2, 0.25) is 0 Å². The van der Waals surface area contributed by atoms with Gasteiger partial charge in [0, 0.05) is 31.2 Å². The van der Waals surface area contributed by atoms with E-state index in [2.05, 4.69) is 19.5 Å². The third kappa shape index (κ3) is 14.3. The number of aromatic nitrogens is 2. The molecule has 0 atom stereocenters. The Hall–Kier alpha value is -13.6. The molecule has 0 spiro atoms. The summed E-state index contributed by atoms with van der Waals surface area (Å²) in [5.74, 6) is -0.671. The fraction of sp³-hybridized carbons (Fsp3) is 0.0704. The summed E-state index contributed by atoms with van der Waals surface area (Å²) in [5.41, 5.74) is 8.41. The number of hydrogen-bond acceptors (Lipinski definition) is 19. The number of carboxylic acid groups (broad SMARTS) is 2. The Kier molecular flexibility index (Phi) is 19.4. The number of amides is 2. The molecule has 0 fully saturated rings. The van der Waals surface area contributed by atoms with E-state index in [-0.39, 0.29) is 61.6 Å². The summed E-state index contributed by atoms with van der Waals surface area (Å²) in [4.78, 5) is 143. The summed E-state index contributed by atoms with van der Waals surface area (Å²) in [6.45, 7) is 3.95. The van der Waals surface area contributed by atoms with Gasteiger partial charge in [0.25, 0.3) is 34.1 Å². The lowest BCUT2D eigenvalue weighted by Gasteiger charge is -2.13. The summed E-state index contributed by atoms with van der Waals surface area (Å²) in [7, 11) is 2.66. The van der Waals surface area contributed by atoms with Gasteiger partial charge in [0.05, 0.1) is 71.0 Å². The van der Waals surface area contributed by atoms with Crippen molar-refractivity contribution in [3.8, 4) is 40.2 Å². The molecule has 4 heterocycles. The monoisotopic (exact) mass is 1290 g/mol. The molecule has 0 aliphatic carbocycles. The normalized spacial score (nSPS) is 10.7. The van der Waals surface area contributed by atoms with E-state index >= 15 is 0 Å². The average Bonchev–Trinajstić information content (AvgIpc) is 1.54. The van der Waals surface area contributed by atoms with Gasteiger partial charge in [0.2, 0.25) is 0 Å². The van der Waals surface area contributed by atoms with Crippen LogP contribution < -0.4 is 81.1 Å². The minimum atomic E-state index is -1.51. The number of rotatable bonds is 12. The summed E-state index contributed by atoms with van der Waals surface area (Å²) in [6.07, 6.45) is 0. The van der Waals surface area contributed by atoms with Crippen LogP contribution in [0.5, 0.6) is 34.5 Å². The van der Waals surface area contributed by atoms with Gasteiger partial charge in [0.1, 0.15) is 34.5 Å². The summed E-state index contributed by atoms with van der Waals surface area (Å²) < 4.78 is 27.8. The van der Waals surface area contributed by atoms with E-state index < -0.39 is 79.6 Å². The molecule has 13 rings (SSSR count). The molecular formula is C71H54N6O19. The first kappa shape index (κ1) is 66.8. The van der Waals surface area contributed by atoms with Crippen molar-refractivity contribution in [1.29, 1.82) is 0 Å². The summed E-state index contributed by atoms with van der Waals surface area (Å²) in [6, 6.07) is 49.2. The van der Waals surface area contributed by atoms with Crippen LogP contribution in [0.4, 0.5) is 17.1 Å². The molecule has 9 aromatic carbocycles. The Morgan fingerprint density at radius 2 is 0.688 bits per heavy atom. The Morgan fingerprint density at radius 3 is 1.03 bits per heavy atom. The third-order valence-electron chi connectivity index (χ3n) is 14.6. The van der Waals surface area contributed by atoms with Crippen LogP contribution in [-0.4, -0.2) is 50.1 Å². The van der Waals surface area contributed by atoms with Gasteiger partial charge in [0.15, 0.2) is 0 Å². The topological polar surface area (TPSA) is 385 Å². The molecule has 13 aromatic rings. The number of ether oxygens (including phenoxy) is 3. The van der Waals surface area contributed by atoms with Crippen LogP contribution in [0, 0.1) is 13.8 Å². The van der Waals surface area contributed by atoms with Crippen LogP contribution in [0.15, 0.2) is 229 Å². The maximum atomic E-state index is 12.9. The maximum absolute atomic E-state index is 12.9. The lowest BCUT2D eigenvalue weighted by Crippen LogP contribution is -2.24. The van der Waals surface area contributed by atoms with E-state index in [1.165, 1.54) is 26.2 Å². The highest BCUT2D eigenvalue weighted by molar-refractivity contribution is 6.15. The first-order valence-electron chi connectivity index (χ1n) is 28.2. The number of fused-ring (bicyclic) bond motifs is 4. The van der Waals surface area contributed by atoms with Gasteiger partial charge in [-0.05, 0) is 172 Å². The minimum absolute atomic E-state index is 0. The highest BCUT2D eigenvalue weighted by Gasteiger charge is 2.26. The standard InChI is InChI=1S/C24H20N2O7.C24H16N2O5.C12H12N2O.C10H2O6.CH4/c1-13-3-7-15(8-4-13)33-16-9-5-14(6-10-16)26-22(28)18-11-17(21(27)25-2)19(23(29)30)12-20(18)24(31)32;1-13-3-7-15(8-4-13)31-16-9-5-14(6-10-16)26-23(29)19-11-17-18(12-20(19)24(26)30)22(28)25(2)21(17)27;13-9-1-5-11(6-2-9)15-12-7-3-10(14)4-8-12;11-7-3-1-4-6(10(14)16-8(4)12)2-5(3)9(13)15-7;/h3-12H,1-2H3,(H,25,27)(H,26,28)(H,29,30)(H,31,32);3-12H,1-2H3;1-8H,13-14H2;1-2H;1H4. The molecule has 0 saturated carbocycles. The molecule has 25 heteroatoms. The predicted molar refractivity (Wildman–Crippen MR) is 360 cm³/mol. The van der Waals surface area contributed by atoms with Gasteiger partial charge in [-0.1, -0.05) is 42.8 Å². The second-order valence-electron chi connectivity index (χ2n) is 21.0. The lowest BCUT2D eigenvalue weighted by atomic mass is 9.97. The van der Waals surface area contributed by atoms with E-state index in [1.54, 1.807) is 72.8 Å². The molecule has 0 bridgehead atoms. The van der Waals surface area contributed by atoms with Gasteiger partial charge in [-0.2, -0.15) is 0 Å². The molecule has 0 aliphatic heterocycles. The van der Waals surface area contributed by atoms with E-state index in [0.29, 0.717) is 34.4 Å². The zero-order valence-corrected chi connectivity index (χ0v) is 50.2. The van der Waals surface area contributed by atoms with E-state index in [4.69, 9.17) is 25.7 Å². The molecule has 4 aromatic heterocycles. The molecule has 2 amide bonds. The molecular weight excluding hydrogens is 1240 g/mol. The predicted octanol–water partition coefficient (Wildman–Crippen LogP) is 9.11. The van der Waals surface area contributed by atoms with Crippen molar-refractivity contribution in [1.82, 2.24) is 14.5 Å². The number of benzene rings is 9. The van der Waals surface area contributed by atoms with Gasteiger partial charge in [-0.3, -0.25) is 33.3 Å². The first-order chi connectivity index (χ1) is 45.3. The molecule has 25 nitrogen and oxygen atoms in total. The van der Waals surface area contributed by atoms with E-state index in [0.717, 1.165) is 67.4 Å². The second-order valence-corrected chi connectivity index (χ2v) is 21.0. The number of hydrogen-bond donors (Lipinski definition) is 6. The van der Waals surface area contributed by atoms with Crippen LogP contribution in [0.25, 0.3) is 48.8 Å². The molecule has 482 valence electrons. The van der Waals surface area contributed by atoms with E-state index in [9.17, 15) is 67.7 Å². The molecule has 0 radical (unpaired) electrons. The maximum Gasteiger partial charge on any atom is 0.346 e. The van der Waals surface area contributed by atoms with Gasteiger partial charge >= 0.3 is 34.4 Å². The van der Waals surface area contributed by atoms with Crippen molar-refractivity contribution in [3.63, 3.8) is 0 Å². The van der Waals surface area contributed by atoms with Gasteiger partial charge < -0.3 is 55.4 Å². The highest BCUT2D eigenvalue weighted by Crippen LogP contribution is 2.28. The van der Waals surface area contributed by atoms with Crippen LogP contribution in [0.1, 0.15) is 60.0 Å². The van der Waals surface area contributed by atoms with Crippen molar-refractivity contribution < 1.29 is 52.4 Å². The molecule has 8 N–H and O–H groups in total. The lowest BCUT2D eigenvalue weighted by molar-refractivity contribution is 0.0688. The molecule has 0 unspecified atom stereocenters. The van der Waals surface area contributed by atoms with Crippen molar-refractivity contribution in [2.75, 3.05) is 23.8 Å². The van der Waals surface area contributed by atoms with E-state index in [1.807, 2.05) is 86.6 Å². The second kappa shape index (κ2) is 27.9. The van der Waals surface area contributed by atoms with Crippen molar-refractivity contribution in [3.05, 3.63) is 298 Å². The number of nitrogen functional groups attached to an aromatic ring is 2. The Bertz CT molecular complexity index is 5340. The largest absolute Gasteiger partial charge is 0.478 e. The SMILES string of the molecule is C.CNC(=O)c1cc(C(=O)Nc2ccc(Oc3ccc(C)cc3)cc2)c(C(=O)O)cc1C(=O)O.Cc1ccc(Oc2ccc(-n3c(=O)c4cc5c(=O)n(C)c(=O)c5cc4c3=O)cc2)cc1.Nc1ccc(Oc2ccc(N)cc2)cc1.O=c1oc(=O)c2cc3c(=O)oc(=O)c3cc12. The van der Waals surface area contributed by atoms with Crippen LogP contribution in [0.3, 0.4) is 0 Å². The summed E-state index contributed by atoms with van der Waals surface area (Å²) >= 11 is 0. The average molecular weight is 1300 g/mol. The van der Waals surface area contributed by atoms with Crippen molar-refractivity contribution in [2.24, 2.45) is 7.05 Å². The molecule has 0 saturated heterocycles. The van der Waals surface area contributed by atoms with Crippen LogP contribution >= 0.6 is 0 Å². The summed E-state index contributed by atoms with van der Waals surface area (Å²) in [5, 5.41) is 24.1. The number of carboxylic acids is 2. The fourth-order valence-corrected chi connectivity index (χ4v) is 9.62. The number of aryl methyl sites for hydroxylation is 2. The number of aromatic carboxylic acids is 2. The molecule has 96 heavy (non-hydrogen) atoms. The zero-order valence-electron chi connectivity index (χ0n) is 50.2. The zero-order chi connectivity index (χ0) is 68.1. The van der Waals surface area contributed by atoms with Crippen molar-refractivity contribution in [2.45, 2.75) is 21.3 Å². The highest BCUT2D eigenvalue weighted by atomic mass is 16.5. The Morgan fingerprint density at radius 1 is 0.396 bits per heavy atom. The smallest absolute Gasteiger partial charge is 0.346 e. The van der Waals surface area contributed by atoms with Gasteiger partial charge in [-0.15, -0.1) is 0 Å². The first-order valence-corrected chi connectivity index (χ1v) is 28.2. The van der Waals surface area contributed by atoms with Crippen molar-refractivity contribution >= 4 is 83.9 Å². The Labute approximate surface area is 539 Å². The third-order valence-corrected chi connectivity index (χ3v) is 14.6. The number of carbonyl (C=O) groups is 4. The van der Waals surface area contributed by atoms with Gasteiger partial charge in [-0.25, -0.2) is 33.3 Å².